The summed E-state index contributed by atoms with van der Waals surface area (Å²) >= 11 is 0. The first-order valence-corrected chi connectivity index (χ1v) is 7.44. The first-order valence-electron chi connectivity index (χ1n) is 7.44. The van der Waals surface area contributed by atoms with Crippen molar-refractivity contribution in [2.75, 3.05) is 46.9 Å². The summed E-state index contributed by atoms with van der Waals surface area (Å²) in [4.78, 5) is 16.3. The molecule has 1 aromatic rings. The second-order valence-corrected chi connectivity index (χ2v) is 5.50. The van der Waals surface area contributed by atoms with Crippen molar-refractivity contribution >= 4 is 5.91 Å². The highest BCUT2D eigenvalue weighted by atomic mass is 16.5. The van der Waals surface area contributed by atoms with Gasteiger partial charge in [0.25, 0.3) is 0 Å². The normalized spacial score (nSPS) is 16.9. The Hall–Kier alpha value is -1.59. The van der Waals surface area contributed by atoms with Crippen molar-refractivity contribution < 1.29 is 9.53 Å². The molecule has 1 fully saturated rings. The maximum Gasteiger partial charge on any atom is 0.236 e. The smallest absolute Gasteiger partial charge is 0.236 e. The minimum absolute atomic E-state index is 0.197. The summed E-state index contributed by atoms with van der Waals surface area (Å²) in [5.41, 5.74) is 1.19. The number of hydrogen-bond donors (Lipinski definition) is 1. The number of rotatable bonds is 5. The van der Waals surface area contributed by atoms with E-state index in [9.17, 15) is 4.79 Å². The van der Waals surface area contributed by atoms with E-state index < -0.39 is 0 Å². The summed E-state index contributed by atoms with van der Waals surface area (Å²) in [6.07, 6.45) is 0. The van der Waals surface area contributed by atoms with E-state index in [2.05, 4.69) is 29.3 Å². The predicted molar refractivity (Wildman–Crippen MR) is 83.5 cm³/mol. The van der Waals surface area contributed by atoms with E-state index in [0.29, 0.717) is 6.54 Å². The zero-order chi connectivity index (χ0) is 15.2. The van der Waals surface area contributed by atoms with E-state index in [1.54, 1.807) is 7.11 Å². The van der Waals surface area contributed by atoms with Crippen LogP contribution in [-0.2, 0) is 4.79 Å². The van der Waals surface area contributed by atoms with Crippen LogP contribution in [0.1, 0.15) is 18.5 Å². The second-order valence-electron chi connectivity index (χ2n) is 5.50. The molecule has 116 valence electrons. The Morgan fingerprint density at radius 2 is 1.95 bits per heavy atom. The van der Waals surface area contributed by atoms with E-state index in [4.69, 9.17) is 4.74 Å². The predicted octanol–water partition coefficient (Wildman–Crippen LogP) is 1.12. The molecule has 0 saturated carbocycles. The molecule has 1 aromatic carbocycles. The number of likely N-dealkylation sites (N-methyl/N-ethyl adjacent to an activating group) is 1. The van der Waals surface area contributed by atoms with Gasteiger partial charge in [-0.3, -0.25) is 9.69 Å². The van der Waals surface area contributed by atoms with Gasteiger partial charge in [0.15, 0.2) is 0 Å². The number of nitrogens with one attached hydrogen (secondary N) is 1. The molecule has 0 bridgehead atoms. The van der Waals surface area contributed by atoms with Crippen LogP contribution >= 0.6 is 0 Å². The maximum absolute atomic E-state index is 12.3. The molecule has 1 aliphatic rings. The van der Waals surface area contributed by atoms with Crippen molar-refractivity contribution in [3.63, 3.8) is 0 Å². The fraction of sp³-hybridized carbons (Fsp3) is 0.562. The highest BCUT2D eigenvalue weighted by Gasteiger charge is 2.20. The number of ether oxygens (including phenoxy) is 1. The third kappa shape index (κ3) is 4.19. The highest BCUT2D eigenvalue weighted by Crippen LogP contribution is 2.21. The Morgan fingerprint density at radius 1 is 1.33 bits per heavy atom. The summed E-state index contributed by atoms with van der Waals surface area (Å²) in [6, 6.07) is 8.21. The van der Waals surface area contributed by atoms with Crippen molar-refractivity contribution in [2.24, 2.45) is 0 Å². The van der Waals surface area contributed by atoms with Gasteiger partial charge < -0.3 is 15.0 Å². The molecule has 5 heteroatoms. The molecule has 1 heterocycles. The van der Waals surface area contributed by atoms with Gasteiger partial charge >= 0.3 is 0 Å². The van der Waals surface area contributed by atoms with Crippen molar-refractivity contribution in [3.05, 3.63) is 29.8 Å². The minimum atomic E-state index is 0.197. The molecule has 1 aliphatic heterocycles. The van der Waals surface area contributed by atoms with Crippen molar-refractivity contribution in [1.29, 1.82) is 0 Å². The Bertz CT molecular complexity index is 455. The molecule has 21 heavy (non-hydrogen) atoms. The lowest BCUT2D eigenvalue weighted by Gasteiger charge is -2.31. The van der Waals surface area contributed by atoms with Crippen molar-refractivity contribution in [2.45, 2.75) is 13.0 Å². The molecule has 1 atom stereocenters. The molecule has 0 aromatic heterocycles. The first-order chi connectivity index (χ1) is 10.1. The Labute approximate surface area is 126 Å². The lowest BCUT2D eigenvalue weighted by Crippen LogP contribution is -2.49. The van der Waals surface area contributed by atoms with Gasteiger partial charge in [-0.2, -0.15) is 0 Å². The van der Waals surface area contributed by atoms with E-state index in [-0.39, 0.29) is 11.9 Å². The average molecular weight is 291 g/mol. The molecule has 1 N–H and O–H groups in total. The molecule has 1 amide bonds. The SMILES string of the molecule is COc1ccc(C(C)N(C)CC(=O)N2CCNCC2)cc1. The van der Waals surface area contributed by atoms with Crippen LogP contribution in [0.15, 0.2) is 24.3 Å². The van der Waals surface area contributed by atoms with Gasteiger partial charge in [-0.25, -0.2) is 0 Å². The highest BCUT2D eigenvalue weighted by molar-refractivity contribution is 5.78. The summed E-state index contributed by atoms with van der Waals surface area (Å²) < 4.78 is 5.17. The number of nitrogens with zero attached hydrogens (tertiary/aromatic N) is 2. The van der Waals surface area contributed by atoms with Gasteiger partial charge in [-0.1, -0.05) is 12.1 Å². The lowest BCUT2D eigenvalue weighted by molar-refractivity contribution is -0.133. The van der Waals surface area contributed by atoms with Crippen molar-refractivity contribution in [1.82, 2.24) is 15.1 Å². The molecule has 0 radical (unpaired) electrons. The van der Waals surface area contributed by atoms with E-state index in [1.807, 2.05) is 24.1 Å². The van der Waals surface area contributed by atoms with Crippen LogP contribution in [0, 0.1) is 0 Å². The third-order valence-corrected chi connectivity index (χ3v) is 4.11. The quantitative estimate of drug-likeness (QED) is 0.883. The molecule has 2 rings (SSSR count). The van der Waals surface area contributed by atoms with Crippen molar-refractivity contribution in [3.8, 4) is 5.75 Å². The Morgan fingerprint density at radius 3 is 2.52 bits per heavy atom. The number of piperazine rings is 1. The molecule has 1 saturated heterocycles. The maximum atomic E-state index is 12.3. The Balaban J connectivity index is 1.91. The first kappa shape index (κ1) is 15.8. The van der Waals surface area contributed by atoms with Crippen LogP contribution in [-0.4, -0.2) is 62.6 Å². The molecule has 1 unspecified atom stereocenters. The van der Waals surface area contributed by atoms with Gasteiger partial charge in [0.1, 0.15) is 5.75 Å². The van der Waals surface area contributed by atoms with Gasteiger partial charge in [-0.05, 0) is 31.7 Å². The molecule has 5 nitrogen and oxygen atoms in total. The molecular formula is C16H25N3O2. The number of hydrogen-bond acceptors (Lipinski definition) is 4. The molecule has 0 aliphatic carbocycles. The standard InChI is InChI=1S/C16H25N3O2/c1-13(14-4-6-15(21-3)7-5-14)18(2)12-16(20)19-10-8-17-9-11-19/h4-7,13,17H,8-12H2,1-3H3. The number of carbonyl (C=O) groups is 1. The fourth-order valence-electron chi connectivity index (χ4n) is 2.50. The monoisotopic (exact) mass is 291 g/mol. The summed E-state index contributed by atoms with van der Waals surface area (Å²) in [6.45, 7) is 5.97. The topological polar surface area (TPSA) is 44.8 Å². The number of benzene rings is 1. The summed E-state index contributed by atoms with van der Waals surface area (Å²) in [7, 11) is 3.66. The second kappa shape index (κ2) is 7.43. The molecular weight excluding hydrogens is 266 g/mol. The third-order valence-electron chi connectivity index (χ3n) is 4.11. The number of amides is 1. The Kier molecular flexibility index (Phi) is 5.59. The average Bonchev–Trinajstić information content (AvgIpc) is 2.55. The van der Waals surface area contributed by atoms with E-state index in [1.165, 1.54) is 5.56 Å². The van der Waals surface area contributed by atoms with Gasteiger partial charge in [0, 0.05) is 32.2 Å². The van der Waals surface area contributed by atoms with Gasteiger partial charge in [-0.15, -0.1) is 0 Å². The van der Waals surface area contributed by atoms with Crippen LogP contribution in [0.3, 0.4) is 0 Å². The summed E-state index contributed by atoms with van der Waals surface area (Å²) in [5.74, 6) is 1.06. The zero-order valence-corrected chi connectivity index (χ0v) is 13.1. The van der Waals surface area contributed by atoms with Crippen LogP contribution in [0.5, 0.6) is 5.75 Å². The van der Waals surface area contributed by atoms with Crippen LogP contribution in [0.4, 0.5) is 0 Å². The van der Waals surface area contributed by atoms with E-state index in [0.717, 1.165) is 31.9 Å². The minimum Gasteiger partial charge on any atom is -0.497 e. The summed E-state index contributed by atoms with van der Waals surface area (Å²) in [5, 5.41) is 3.26. The fourth-order valence-corrected chi connectivity index (χ4v) is 2.50. The number of methoxy groups -OCH3 is 1. The molecule has 0 spiro atoms. The largest absolute Gasteiger partial charge is 0.497 e. The zero-order valence-electron chi connectivity index (χ0n) is 13.1. The van der Waals surface area contributed by atoms with Crippen LogP contribution in [0.25, 0.3) is 0 Å². The lowest BCUT2D eigenvalue weighted by atomic mass is 10.1. The number of carbonyl (C=O) groups excluding carboxylic acids is 1. The van der Waals surface area contributed by atoms with Gasteiger partial charge in [0.05, 0.1) is 13.7 Å². The van der Waals surface area contributed by atoms with E-state index >= 15 is 0 Å². The van der Waals surface area contributed by atoms with Crippen LogP contribution < -0.4 is 10.1 Å². The van der Waals surface area contributed by atoms with Gasteiger partial charge in [0.2, 0.25) is 5.91 Å². The van der Waals surface area contributed by atoms with Crippen LogP contribution in [0.2, 0.25) is 0 Å².